The van der Waals surface area contributed by atoms with Crippen LogP contribution in [0.25, 0.3) is 0 Å². The van der Waals surface area contributed by atoms with Crippen molar-refractivity contribution in [3.63, 3.8) is 0 Å². The number of rotatable bonds is 4. The molecule has 0 radical (unpaired) electrons. The van der Waals surface area contributed by atoms with Crippen LogP contribution in [-0.4, -0.2) is 77.9 Å². The molecule has 4 aliphatic heterocycles. The van der Waals surface area contributed by atoms with Gasteiger partial charge in [-0.05, 0) is 120 Å². The molecule has 222 valence electrons. The minimum Gasteiger partial charge on any atom is -0.387 e. The SMILES string of the molecule is CC1(C)O[C@H]2CC[C@@]3(C)O[C@@H]([C@](C)(O)CC[C@@H]4OC(C)(C)[C@H](Br)CC[C@@]4(C)O)CC[C@@H]3O[C@]2(C)CC[C@H]1Br. The Bertz CT molecular complexity index is 847. The molecule has 4 heterocycles. The number of aliphatic hydroxyl groups is 2. The lowest BCUT2D eigenvalue weighted by atomic mass is 9.79. The zero-order chi connectivity index (χ0) is 28.4. The van der Waals surface area contributed by atoms with E-state index in [1.807, 2.05) is 13.8 Å². The van der Waals surface area contributed by atoms with Crippen molar-refractivity contribution in [2.45, 2.75) is 187 Å². The van der Waals surface area contributed by atoms with E-state index in [0.29, 0.717) is 24.1 Å². The van der Waals surface area contributed by atoms with E-state index in [0.717, 1.165) is 44.9 Å². The minimum absolute atomic E-state index is 0.00117. The highest BCUT2D eigenvalue weighted by molar-refractivity contribution is 9.09. The van der Waals surface area contributed by atoms with Gasteiger partial charge in [0.2, 0.25) is 0 Å². The van der Waals surface area contributed by atoms with Gasteiger partial charge >= 0.3 is 0 Å². The van der Waals surface area contributed by atoms with Crippen LogP contribution >= 0.6 is 31.9 Å². The van der Waals surface area contributed by atoms with Crippen molar-refractivity contribution in [2.75, 3.05) is 0 Å². The molecule has 8 heteroatoms. The van der Waals surface area contributed by atoms with Crippen molar-refractivity contribution >= 4 is 31.9 Å². The molecular weight excluding hydrogens is 616 g/mol. The van der Waals surface area contributed by atoms with Crippen LogP contribution in [0.4, 0.5) is 0 Å². The lowest BCUT2D eigenvalue weighted by molar-refractivity contribution is -0.261. The molecule has 2 N–H and O–H groups in total. The average molecular weight is 669 g/mol. The third kappa shape index (κ3) is 6.38. The van der Waals surface area contributed by atoms with Crippen molar-refractivity contribution in [2.24, 2.45) is 0 Å². The summed E-state index contributed by atoms with van der Waals surface area (Å²) >= 11 is 7.60. The Morgan fingerprint density at radius 3 is 1.89 bits per heavy atom. The average Bonchev–Trinajstić information content (AvgIpc) is 3.01. The maximum Gasteiger partial charge on any atom is 0.0921 e. The molecule has 0 aromatic rings. The van der Waals surface area contributed by atoms with E-state index in [2.05, 4.69) is 73.4 Å². The van der Waals surface area contributed by atoms with E-state index in [1.54, 1.807) is 0 Å². The molecule has 38 heavy (non-hydrogen) atoms. The molecular formula is C30H52Br2O6. The van der Waals surface area contributed by atoms with Gasteiger partial charge in [0, 0.05) is 9.65 Å². The van der Waals surface area contributed by atoms with Crippen LogP contribution < -0.4 is 0 Å². The van der Waals surface area contributed by atoms with E-state index in [-0.39, 0.29) is 40.4 Å². The standard InChI is InChI=1S/C30H52Br2O6/c1-25(2)19(31)11-15-27(5,33)22(35-25)13-16-28(6,34)21-9-10-23-30(8,37-21)18-14-24-29(7,38-23)17-12-20(32)26(3,4)36-24/h19-24,33-34H,9-18H2,1-8H3/t19-,20-,21-,22+,23+,24+,27-,28-,29-,30-/m1/s1. The second-order valence-corrected chi connectivity index (χ2v) is 16.9. The van der Waals surface area contributed by atoms with Gasteiger partial charge in [0.1, 0.15) is 0 Å². The predicted molar refractivity (Wildman–Crippen MR) is 157 cm³/mol. The fraction of sp³-hybridized carbons (Fsp3) is 1.00. The summed E-state index contributed by atoms with van der Waals surface area (Å²) in [5, 5.41) is 22.9. The lowest BCUT2D eigenvalue weighted by Gasteiger charge is -2.49. The van der Waals surface area contributed by atoms with Crippen LogP contribution in [0, 0.1) is 0 Å². The molecule has 4 saturated heterocycles. The number of halogens is 2. The zero-order valence-corrected chi connectivity index (χ0v) is 28.0. The van der Waals surface area contributed by atoms with E-state index < -0.39 is 22.4 Å². The highest BCUT2D eigenvalue weighted by Crippen LogP contribution is 2.49. The number of hydrogen-bond donors (Lipinski definition) is 2. The van der Waals surface area contributed by atoms with Gasteiger partial charge in [0.15, 0.2) is 0 Å². The van der Waals surface area contributed by atoms with Crippen molar-refractivity contribution in [3.8, 4) is 0 Å². The Kier molecular flexibility index (Phi) is 8.97. The Morgan fingerprint density at radius 1 is 0.711 bits per heavy atom. The lowest BCUT2D eigenvalue weighted by Crippen LogP contribution is -2.57. The van der Waals surface area contributed by atoms with Gasteiger partial charge in [0.05, 0.1) is 58.0 Å². The Morgan fingerprint density at radius 2 is 1.24 bits per heavy atom. The first-order chi connectivity index (χ1) is 17.3. The highest BCUT2D eigenvalue weighted by Gasteiger charge is 2.55. The van der Waals surface area contributed by atoms with E-state index in [4.69, 9.17) is 18.9 Å². The van der Waals surface area contributed by atoms with Crippen LogP contribution in [0.3, 0.4) is 0 Å². The van der Waals surface area contributed by atoms with Crippen LogP contribution in [0.2, 0.25) is 0 Å². The summed E-state index contributed by atoms with van der Waals surface area (Å²) in [6.07, 6.45) is 7.08. The fourth-order valence-electron chi connectivity index (χ4n) is 7.09. The third-order valence-electron chi connectivity index (χ3n) is 10.3. The van der Waals surface area contributed by atoms with E-state index in [1.165, 1.54) is 0 Å². The normalized spacial score (nSPS) is 48.9. The molecule has 0 unspecified atom stereocenters. The van der Waals surface area contributed by atoms with E-state index in [9.17, 15) is 10.2 Å². The Labute approximate surface area is 247 Å². The second-order valence-electron chi connectivity index (χ2n) is 14.6. The first-order valence-corrected chi connectivity index (χ1v) is 16.6. The molecule has 4 fully saturated rings. The minimum atomic E-state index is -1.04. The van der Waals surface area contributed by atoms with Crippen LogP contribution in [-0.2, 0) is 18.9 Å². The first kappa shape index (κ1) is 31.7. The molecule has 10 atom stereocenters. The van der Waals surface area contributed by atoms with Crippen molar-refractivity contribution < 1.29 is 29.2 Å². The number of ether oxygens (including phenoxy) is 4. The van der Waals surface area contributed by atoms with Crippen molar-refractivity contribution in [3.05, 3.63) is 0 Å². The molecule has 0 spiro atoms. The van der Waals surface area contributed by atoms with Crippen molar-refractivity contribution in [1.82, 2.24) is 0 Å². The van der Waals surface area contributed by atoms with Crippen LogP contribution in [0.1, 0.15) is 120 Å². The summed E-state index contributed by atoms with van der Waals surface area (Å²) in [5.74, 6) is 0. The van der Waals surface area contributed by atoms with Gasteiger partial charge in [-0.2, -0.15) is 0 Å². The molecule has 0 amide bonds. The molecule has 6 nitrogen and oxygen atoms in total. The summed E-state index contributed by atoms with van der Waals surface area (Å²) in [5.41, 5.74) is -3.49. The molecule has 0 aromatic heterocycles. The van der Waals surface area contributed by atoms with Gasteiger partial charge in [-0.25, -0.2) is 0 Å². The van der Waals surface area contributed by atoms with E-state index >= 15 is 0 Å². The number of hydrogen-bond acceptors (Lipinski definition) is 6. The van der Waals surface area contributed by atoms with Gasteiger partial charge in [-0.15, -0.1) is 0 Å². The third-order valence-corrected chi connectivity index (χ3v) is 13.4. The molecule has 4 aliphatic rings. The summed E-state index contributed by atoms with van der Waals surface area (Å²) in [6.45, 7) is 16.6. The summed E-state index contributed by atoms with van der Waals surface area (Å²) in [4.78, 5) is 0.464. The summed E-state index contributed by atoms with van der Waals surface area (Å²) < 4.78 is 26.8. The topological polar surface area (TPSA) is 77.4 Å². The maximum absolute atomic E-state index is 11.7. The second kappa shape index (κ2) is 10.8. The monoisotopic (exact) mass is 666 g/mol. The molecule has 4 rings (SSSR count). The van der Waals surface area contributed by atoms with Crippen molar-refractivity contribution in [1.29, 1.82) is 0 Å². The highest BCUT2D eigenvalue weighted by atomic mass is 79.9. The molecule has 0 bridgehead atoms. The molecule has 0 aromatic carbocycles. The van der Waals surface area contributed by atoms with Gasteiger partial charge in [-0.1, -0.05) is 31.9 Å². The largest absolute Gasteiger partial charge is 0.387 e. The number of alkyl halides is 2. The molecule has 0 saturated carbocycles. The zero-order valence-electron chi connectivity index (χ0n) is 24.8. The maximum atomic E-state index is 11.7. The number of fused-ring (bicyclic) bond motifs is 2. The van der Waals surface area contributed by atoms with Crippen LogP contribution in [0.15, 0.2) is 0 Å². The summed E-state index contributed by atoms with van der Waals surface area (Å²) in [6, 6.07) is 0. The smallest absolute Gasteiger partial charge is 0.0921 e. The first-order valence-electron chi connectivity index (χ1n) is 14.7. The predicted octanol–water partition coefficient (Wildman–Crippen LogP) is 6.59. The Balaban J connectivity index is 1.44. The molecule has 0 aliphatic carbocycles. The Hall–Kier alpha value is 0.720. The van der Waals surface area contributed by atoms with Gasteiger partial charge in [-0.3, -0.25) is 0 Å². The van der Waals surface area contributed by atoms with Crippen LogP contribution in [0.5, 0.6) is 0 Å². The van der Waals surface area contributed by atoms with Gasteiger partial charge in [0.25, 0.3) is 0 Å². The quantitative estimate of drug-likeness (QED) is 0.330. The van der Waals surface area contributed by atoms with Gasteiger partial charge < -0.3 is 29.2 Å². The summed E-state index contributed by atoms with van der Waals surface area (Å²) in [7, 11) is 0. The fourth-order valence-corrected chi connectivity index (χ4v) is 7.76.